The molecular formula is C21H27N3O3. The predicted octanol–water partition coefficient (Wildman–Crippen LogP) is 3.16. The van der Waals surface area contributed by atoms with E-state index in [1.54, 1.807) is 19.0 Å². The van der Waals surface area contributed by atoms with E-state index in [4.69, 9.17) is 4.74 Å². The largest absolute Gasteiger partial charge is 0.494 e. The Balaban J connectivity index is 1.80. The smallest absolute Gasteiger partial charge is 0.243 e. The summed E-state index contributed by atoms with van der Waals surface area (Å²) in [6.07, 6.45) is 1.16. The van der Waals surface area contributed by atoms with Gasteiger partial charge in [-0.2, -0.15) is 0 Å². The monoisotopic (exact) mass is 369 g/mol. The molecule has 0 aliphatic heterocycles. The van der Waals surface area contributed by atoms with Crippen LogP contribution in [0, 0.1) is 0 Å². The van der Waals surface area contributed by atoms with E-state index >= 15 is 0 Å². The number of nitrogens with one attached hydrogen (secondary N) is 2. The van der Waals surface area contributed by atoms with Crippen molar-refractivity contribution in [2.75, 3.05) is 37.9 Å². The van der Waals surface area contributed by atoms with Gasteiger partial charge in [0.05, 0.1) is 13.2 Å². The fraction of sp³-hybridized carbons (Fsp3) is 0.333. The molecule has 0 aliphatic carbocycles. The molecule has 144 valence electrons. The highest BCUT2D eigenvalue weighted by molar-refractivity contribution is 5.93. The number of hydrogen-bond acceptors (Lipinski definition) is 4. The summed E-state index contributed by atoms with van der Waals surface area (Å²) in [4.78, 5) is 25.3. The van der Waals surface area contributed by atoms with Crippen LogP contribution in [0.25, 0.3) is 0 Å². The van der Waals surface area contributed by atoms with Crippen molar-refractivity contribution in [3.63, 3.8) is 0 Å². The van der Waals surface area contributed by atoms with Gasteiger partial charge in [0.2, 0.25) is 11.8 Å². The van der Waals surface area contributed by atoms with E-state index in [0.29, 0.717) is 19.4 Å². The molecule has 2 N–H and O–H groups in total. The summed E-state index contributed by atoms with van der Waals surface area (Å²) in [6.45, 7) is 2.69. The molecule has 0 spiro atoms. The molecule has 0 aromatic heterocycles. The third kappa shape index (κ3) is 7.01. The summed E-state index contributed by atoms with van der Waals surface area (Å²) in [6, 6.07) is 15.1. The molecule has 0 saturated heterocycles. The first-order valence-electron chi connectivity index (χ1n) is 9.03. The maximum absolute atomic E-state index is 12.1. The van der Waals surface area contributed by atoms with Crippen molar-refractivity contribution in [2.45, 2.75) is 19.8 Å². The minimum Gasteiger partial charge on any atom is -0.494 e. The van der Waals surface area contributed by atoms with Crippen LogP contribution in [0.2, 0.25) is 0 Å². The molecule has 0 saturated carbocycles. The summed E-state index contributed by atoms with van der Waals surface area (Å²) in [5, 5.41) is 5.94. The number of anilines is 2. The number of nitrogens with zero attached hydrogens (tertiary/aromatic N) is 1. The lowest BCUT2D eigenvalue weighted by Crippen LogP contribution is -2.22. The highest BCUT2D eigenvalue weighted by Crippen LogP contribution is 2.17. The van der Waals surface area contributed by atoms with Gasteiger partial charge in [0.25, 0.3) is 0 Å². The molecule has 0 fully saturated rings. The first-order valence-corrected chi connectivity index (χ1v) is 9.03. The van der Waals surface area contributed by atoms with Crippen molar-refractivity contribution in [3.8, 4) is 5.75 Å². The maximum Gasteiger partial charge on any atom is 0.243 e. The lowest BCUT2D eigenvalue weighted by molar-refractivity contribution is -0.128. The summed E-state index contributed by atoms with van der Waals surface area (Å²) >= 11 is 0. The molecule has 6 nitrogen and oxygen atoms in total. The molecule has 2 amide bonds. The molecule has 0 bridgehead atoms. The van der Waals surface area contributed by atoms with Gasteiger partial charge in [0.15, 0.2) is 0 Å². The van der Waals surface area contributed by atoms with Gasteiger partial charge in [0, 0.05) is 38.0 Å². The molecule has 2 aromatic rings. The van der Waals surface area contributed by atoms with Gasteiger partial charge in [-0.3, -0.25) is 9.59 Å². The minimum atomic E-state index is -0.132. The summed E-state index contributed by atoms with van der Waals surface area (Å²) < 4.78 is 5.44. The first-order chi connectivity index (χ1) is 13.0. The van der Waals surface area contributed by atoms with E-state index in [2.05, 4.69) is 10.6 Å². The van der Waals surface area contributed by atoms with Crippen molar-refractivity contribution in [1.29, 1.82) is 0 Å². The minimum absolute atomic E-state index is 0.104. The van der Waals surface area contributed by atoms with Gasteiger partial charge in [0.1, 0.15) is 5.75 Å². The zero-order chi connectivity index (χ0) is 19.6. The Morgan fingerprint density at radius 2 is 1.78 bits per heavy atom. The molecule has 0 atom stereocenters. The average molecular weight is 369 g/mol. The maximum atomic E-state index is 12.1. The van der Waals surface area contributed by atoms with Crippen LogP contribution in [-0.4, -0.2) is 44.0 Å². The van der Waals surface area contributed by atoms with E-state index in [-0.39, 0.29) is 18.4 Å². The predicted molar refractivity (Wildman–Crippen MR) is 108 cm³/mol. The van der Waals surface area contributed by atoms with Crippen LogP contribution >= 0.6 is 0 Å². The lowest BCUT2D eigenvalue weighted by Gasteiger charge is -2.11. The highest BCUT2D eigenvalue weighted by atomic mass is 16.5. The second-order valence-electron chi connectivity index (χ2n) is 6.35. The molecular weight excluding hydrogens is 342 g/mol. The fourth-order valence-electron chi connectivity index (χ4n) is 2.48. The van der Waals surface area contributed by atoms with Crippen LogP contribution in [0.4, 0.5) is 11.4 Å². The highest BCUT2D eigenvalue weighted by Gasteiger charge is 2.06. The quantitative estimate of drug-likeness (QED) is 0.712. The van der Waals surface area contributed by atoms with E-state index < -0.39 is 0 Å². The lowest BCUT2D eigenvalue weighted by atomic mass is 10.1. The van der Waals surface area contributed by atoms with Gasteiger partial charge in [-0.15, -0.1) is 0 Å². The number of hydrogen-bond donors (Lipinski definition) is 2. The zero-order valence-corrected chi connectivity index (χ0v) is 16.1. The fourth-order valence-corrected chi connectivity index (χ4v) is 2.48. The van der Waals surface area contributed by atoms with E-state index in [1.807, 2.05) is 55.5 Å². The van der Waals surface area contributed by atoms with Crippen LogP contribution in [0.3, 0.4) is 0 Å². The molecule has 27 heavy (non-hydrogen) atoms. The molecule has 0 radical (unpaired) electrons. The van der Waals surface area contributed by atoms with Crippen molar-refractivity contribution >= 4 is 23.2 Å². The third-order valence-corrected chi connectivity index (χ3v) is 3.96. The van der Waals surface area contributed by atoms with Gasteiger partial charge >= 0.3 is 0 Å². The first kappa shape index (κ1) is 20.3. The number of rotatable bonds is 9. The molecule has 6 heteroatoms. The Bertz CT molecular complexity index is 758. The molecule has 2 rings (SSSR count). The molecule has 0 heterocycles. The van der Waals surface area contributed by atoms with Crippen molar-refractivity contribution in [2.24, 2.45) is 0 Å². The standard InChI is InChI=1S/C21H27N3O3/c1-4-27-19-7-5-6-18(14-19)22-15-20(25)23-17-11-8-16(9-12-17)10-13-21(26)24(2)3/h5-9,11-12,14,22H,4,10,13,15H2,1-3H3,(H,23,25). The summed E-state index contributed by atoms with van der Waals surface area (Å²) in [7, 11) is 3.50. The third-order valence-electron chi connectivity index (χ3n) is 3.96. The summed E-state index contributed by atoms with van der Waals surface area (Å²) in [5.74, 6) is 0.741. The Hall–Kier alpha value is -3.02. The summed E-state index contributed by atoms with van der Waals surface area (Å²) in [5.41, 5.74) is 2.62. The van der Waals surface area contributed by atoms with Gasteiger partial charge in [-0.1, -0.05) is 18.2 Å². The van der Waals surface area contributed by atoms with Crippen LogP contribution < -0.4 is 15.4 Å². The molecule has 0 aliphatic rings. The number of carbonyl (C=O) groups is 2. The Labute approximate surface area is 160 Å². The van der Waals surface area contributed by atoms with Crippen molar-refractivity contribution < 1.29 is 14.3 Å². The van der Waals surface area contributed by atoms with E-state index in [0.717, 1.165) is 22.7 Å². The number of ether oxygens (including phenoxy) is 1. The Morgan fingerprint density at radius 3 is 2.44 bits per heavy atom. The second kappa shape index (κ2) is 10.2. The van der Waals surface area contributed by atoms with Crippen LogP contribution in [0.15, 0.2) is 48.5 Å². The average Bonchev–Trinajstić information content (AvgIpc) is 2.66. The van der Waals surface area contributed by atoms with Crippen molar-refractivity contribution in [1.82, 2.24) is 4.90 Å². The normalized spacial score (nSPS) is 10.2. The van der Waals surface area contributed by atoms with E-state index in [1.165, 1.54) is 0 Å². The Kier molecular flexibility index (Phi) is 7.67. The number of benzene rings is 2. The van der Waals surface area contributed by atoms with E-state index in [9.17, 15) is 9.59 Å². The van der Waals surface area contributed by atoms with Gasteiger partial charge in [-0.05, 0) is 43.2 Å². The number of amides is 2. The van der Waals surface area contributed by atoms with Crippen LogP contribution in [-0.2, 0) is 16.0 Å². The van der Waals surface area contributed by atoms with Gasteiger partial charge in [-0.25, -0.2) is 0 Å². The van der Waals surface area contributed by atoms with Gasteiger partial charge < -0.3 is 20.3 Å². The van der Waals surface area contributed by atoms with Crippen LogP contribution in [0.5, 0.6) is 5.75 Å². The number of carbonyl (C=O) groups excluding carboxylic acids is 2. The Morgan fingerprint density at radius 1 is 1.04 bits per heavy atom. The zero-order valence-electron chi connectivity index (χ0n) is 16.1. The SMILES string of the molecule is CCOc1cccc(NCC(=O)Nc2ccc(CCC(=O)N(C)C)cc2)c1. The van der Waals surface area contributed by atoms with Crippen molar-refractivity contribution in [3.05, 3.63) is 54.1 Å². The molecule has 2 aromatic carbocycles. The molecule has 0 unspecified atom stereocenters. The topological polar surface area (TPSA) is 70.7 Å². The number of aryl methyl sites for hydroxylation is 1. The second-order valence-corrected chi connectivity index (χ2v) is 6.35. The van der Waals surface area contributed by atoms with Crippen LogP contribution in [0.1, 0.15) is 18.9 Å².